The van der Waals surface area contributed by atoms with E-state index in [1.807, 2.05) is 10.7 Å². The van der Waals surface area contributed by atoms with Crippen LogP contribution in [0.4, 0.5) is 5.82 Å². The molecule has 0 radical (unpaired) electrons. The molecule has 2 aromatic heterocycles. The van der Waals surface area contributed by atoms with Gasteiger partial charge in [-0.2, -0.15) is 0 Å². The highest BCUT2D eigenvalue weighted by Crippen LogP contribution is 2.34. The Kier molecular flexibility index (Phi) is 3.64. The van der Waals surface area contributed by atoms with Crippen molar-refractivity contribution in [1.29, 1.82) is 0 Å². The number of hydrogen-bond acceptors (Lipinski definition) is 4. The maximum Gasteiger partial charge on any atom is 0.127 e. The average molecular weight is 360 g/mol. The quantitative estimate of drug-likeness (QED) is 0.753. The van der Waals surface area contributed by atoms with Gasteiger partial charge in [-0.3, -0.25) is 0 Å². The van der Waals surface area contributed by atoms with Crippen molar-refractivity contribution in [3.63, 3.8) is 0 Å². The summed E-state index contributed by atoms with van der Waals surface area (Å²) in [5.41, 5.74) is 9.70. The van der Waals surface area contributed by atoms with E-state index in [9.17, 15) is 0 Å². The Morgan fingerprint density at radius 1 is 1.18 bits per heavy atom. The number of fused-ring (bicyclic) bond motifs is 1. The molecule has 0 bridgehead atoms. The molecule has 0 saturated carbocycles. The third kappa shape index (κ3) is 2.83. The molecule has 0 fully saturated rings. The van der Waals surface area contributed by atoms with Crippen molar-refractivity contribution in [1.82, 2.24) is 20.0 Å². The van der Waals surface area contributed by atoms with E-state index < -0.39 is 0 Å². The standard InChI is InChI=1S/C16H18BrN5/c1-16(2,3)9-22-12-6-5-11(14(17)15(12)20-21-22)10-4-7-13(18)19-8-10/h4-8H,9H2,1-3H3,(H2,18,19). The third-order valence-electron chi connectivity index (χ3n) is 3.35. The second-order valence-electron chi connectivity index (χ2n) is 6.57. The van der Waals surface area contributed by atoms with Crippen LogP contribution in [0.5, 0.6) is 0 Å². The third-order valence-corrected chi connectivity index (χ3v) is 4.15. The molecule has 1 aromatic carbocycles. The Hall–Kier alpha value is -1.95. The Morgan fingerprint density at radius 2 is 1.95 bits per heavy atom. The molecule has 0 aliphatic rings. The number of aromatic nitrogens is 4. The maximum absolute atomic E-state index is 5.65. The van der Waals surface area contributed by atoms with Gasteiger partial charge in [0.05, 0.1) is 9.99 Å². The highest BCUT2D eigenvalue weighted by molar-refractivity contribution is 9.10. The summed E-state index contributed by atoms with van der Waals surface area (Å²) in [6.07, 6.45) is 1.76. The predicted molar refractivity (Wildman–Crippen MR) is 92.3 cm³/mol. The van der Waals surface area contributed by atoms with Crippen molar-refractivity contribution in [3.8, 4) is 11.1 Å². The Bertz CT molecular complexity index is 815. The van der Waals surface area contributed by atoms with Crippen molar-refractivity contribution < 1.29 is 0 Å². The Morgan fingerprint density at radius 3 is 2.59 bits per heavy atom. The zero-order chi connectivity index (χ0) is 15.9. The van der Waals surface area contributed by atoms with Gasteiger partial charge in [0, 0.05) is 18.3 Å². The molecule has 6 heteroatoms. The summed E-state index contributed by atoms with van der Waals surface area (Å²) in [6.45, 7) is 7.37. The van der Waals surface area contributed by atoms with E-state index >= 15 is 0 Å². The topological polar surface area (TPSA) is 69.6 Å². The number of nitrogens with zero attached hydrogens (tertiary/aromatic N) is 4. The smallest absolute Gasteiger partial charge is 0.127 e. The molecule has 0 unspecified atom stereocenters. The van der Waals surface area contributed by atoms with Gasteiger partial charge in [0.1, 0.15) is 11.3 Å². The summed E-state index contributed by atoms with van der Waals surface area (Å²) >= 11 is 3.66. The SMILES string of the molecule is CC(C)(C)Cn1nnc2c(Br)c(-c3ccc(N)nc3)ccc21. The van der Waals surface area contributed by atoms with Crippen LogP contribution in [-0.4, -0.2) is 20.0 Å². The van der Waals surface area contributed by atoms with Crippen molar-refractivity contribution in [3.05, 3.63) is 34.9 Å². The first-order valence-corrected chi connectivity index (χ1v) is 7.88. The van der Waals surface area contributed by atoms with Gasteiger partial charge < -0.3 is 5.73 Å². The van der Waals surface area contributed by atoms with Gasteiger partial charge in [-0.15, -0.1) is 5.10 Å². The summed E-state index contributed by atoms with van der Waals surface area (Å²) in [7, 11) is 0. The van der Waals surface area contributed by atoms with Crippen LogP contribution in [0.25, 0.3) is 22.2 Å². The molecule has 3 aromatic rings. The lowest BCUT2D eigenvalue weighted by Gasteiger charge is -2.18. The van der Waals surface area contributed by atoms with E-state index in [4.69, 9.17) is 5.73 Å². The van der Waals surface area contributed by atoms with E-state index in [2.05, 4.69) is 64.1 Å². The van der Waals surface area contributed by atoms with Crippen molar-refractivity contribution in [2.45, 2.75) is 27.3 Å². The van der Waals surface area contributed by atoms with E-state index in [1.165, 1.54) is 0 Å². The van der Waals surface area contributed by atoms with Gasteiger partial charge in [0.2, 0.25) is 0 Å². The van der Waals surface area contributed by atoms with Crippen molar-refractivity contribution in [2.75, 3.05) is 5.73 Å². The molecule has 22 heavy (non-hydrogen) atoms. The summed E-state index contributed by atoms with van der Waals surface area (Å²) in [5, 5.41) is 8.62. The molecule has 0 spiro atoms. The number of anilines is 1. The van der Waals surface area contributed by atoms with Gasteiger partial charge >= 0.3 is 0 Å². The van der Waals surface area contributed by atoms with Gasteiger partial charge in [0.25, 0.3) is 0 Å². The summed E-state index contributed by atoms with van der Waals surface area (Å²) < 4.78 is 2.88. The van der Waals surface area contributed by atoms with Crippen molar-refractivity contribution in [2.24, 2.45) is 5.41 Å². The Labute approximate surface area is 137 Å². The molecular weight excluding hydrogens is 342 g/mol. The van der Waals surface area contributed by atoms with Crippen LogP contribution >= 0.6 is 15.9 Å². The highest BCUT2D eigenvalue weighted by atomic mass is 79.9. The zero-order valence-electron chi connectivity index (χ0n) is 12.8. The molecule has 2 heterocycles. The van der Waals surface area contributed by atoms with E-state index in [0.717, 1.165) is 33.2 Å². The van der Waals surface area contributed by atoms with Crippen LogP contribution < -0.4 is 5.73 Å². The molecule has 3 rings (SSSR count). The monoisotopic (exact) mass is 359 g/mol. The fourth-order valence-corrected chi connectivity index (χ4v) is 3.00. The molecule has 114 valence electrons. The number of rotatable bonds is 2. The van der Waals surface area contributed by atoms with E-state index in [1.54, 1.807) is 12.3 Å². The number of pyridine rings is 1. The van der Waals surface area contributed by atoms with Gasteiger partial charge in [-0.1, -0.05) is 32.1 Å². The lowest BCUT2D eigenvalue weighted by molar-refractivity contribution is 0.327. The van der Waals surface area contributed by atoms with Gasteiger partial charge in [-0.05, 0) is 45.1 Å². The van der Waals surface area contributed by atoms with Crippen LogP contribution in [0.2, 0.25) is 0 Å². The zero-order valence-corrected chi connectivity index (χ0v) is 14.4. The second kappa shape index (κ2) is 5.35. The van der Waals surface area contributed by atoms with Crippen LogP contribution in [0, 0.1) is 5.41 Å². The van der Waals surface area contributed by atoms with Crippen LogP contribution in [0.1, 0.15) is 20.8 Å². The lowest BCUT2D eigenvalue weighted by atomic mass is 9.97. The van der Waals surface area contributed by atoms with Crippen molar-refractivity contribution >= 4 is 32.8 Å². The molecule has 0 aliphatic carbocycles. The van der Waals surface area contributed by atoms with E-state index in [-0.39, 0.29) is 5.41 Å². The molecule has 2 N–H and O–H groups in total. The summed E-state index contributed by atoms with van der Waals surface area (Å²) in [4.78, 5) is 4.15. The molecule has 5 nitrogen and oxygen atoms in total. The molecule has 0 amide bonds. The van der Waals surface area contributed by atoms with Crippen LogP contribution in [-0.2, 0) is 6.54 Å². The molecule has 0 aliphatic heterocycles. The van der Waals surface area contributed by atoms with Crippen LogP contribution in [0.3, 0.4) is 0 Å². The predicted octanol–water partition coefficient (Wildman–Crippen LogP) is 3.88. The second-order valence-corrected chi connectivity index (χ2v) is 7.37. The number of benzene rings is 1. The number of nitrogens with two attached hydrogens (primary N) is 1. The first kappa shape index (κ1) is 15.0. The number of nitrogen functional groups attached to an aromatic ring is 1. The number of halogens is 1. The average Bonchev–Trinajstić information content (AvgIpc) is 2.83. The fourth-order valence-electron chi connectivity index (χ4n) is 2.36. The molecule has 0 atom stereocenters. The molecule has 0 saturated heterocycles. The van der Waals surface area contributed by atoms with Gasteiger partial charge in [-0.25, -0.2) is 9.67 Å². The first-order chi connectivity index (χ1) is 10.3. The van der Waals surface area contributed by atoms with E-state index in [0.29, 0.717) is 5.82 Å². The molecular formula is C16H18BrN5. The first-order valence-electron chi connectivity index (χ1n) is 7.09. The summed E-state index contributed by atoms with van der Waals surface area (Å²) in [6, 6.07) is 7.86. The van der Waals surface area contributed by atoms with Crippen LogP contribution in [0.15, 0.2) is 34.9 Å². The largest absolute Gasteiger partial charge is 0.384 e. The maximum atomic E-state index is 5.65. The number of hydrogen-bond donors (Lipinski definition) is 1. The minimum Gasteiger partial charge on any atom is -0.384 e. The highest BCUT2D eigenvalue weighted by Gasteiger charge is 2.17. The Balaban J connectivity index is 2.09. The minimum absolute atomic E-state index is 0.145. The normalized spacial score (nSPS) is 12.0. The van der Waals surface area contributed by atoms with Gasteiger partial charge in [0.15, 0.2) is 0 Å². The lowest BCUT2D eigenvalue weighted by Crippen LogP contribution is -2.16. The fraction of sp³-hybridized carbons (Fsp3) is 0.312. The summed E-state index contributed by atoms with van der Waals surface area (Å²) in [5.74, 6) is 0.511. The minimum atomic E-state index is 0.145.